The fourth-order valence-electron chi connectivity index (χ4n) is 5.82. The molecule has 0 aliphatic carbocycles. The first-order valence-corrected chi connectivity index (χ1v) is 18.5. The highest BCUT2D eigenvalue weighted by molar-refractivity contribution is 5.89. The minimum atomic E-state index is -0.921. The molecule has 10 nitrogen and oxygen atoms in total. The van der Waals surface area contributed by atoms with Gasteiger partial charge in [-0.1, -0.05) is 70.8 Å². The van der Waals surface area contributed by atoms with E-state index in [0.717, 1.165) is 38.2 Å². The summed E-state index contributed by atoms with van der Waals surface area (Å²) in [6, 6.07) is 11.1. The summed E-state index contributed by atoms with van der Waals surface area (Å²) in [7, 11) is 0. The Labute approximate surface area is 288 Å². The summed E-state index contributed by atoms with van der Waals surface area (Å²) in [6.07, 6.45) is 19.6. The van der Waals surface area contributed by atoms with Crippen molar-refractivity contribution in [2.24, 2.45) is 0 Å². The first-order chi connectivity index (χ1) is 23.5. The molecular weight excluding hydrogens is 604 g/mol. The highest BCUT2D eigenvalue weighted by Gasteiger charge is 2.21. The van der Waals surface area contributed by atoms with E-state index in [1.165, 1.54) is 70.6 Å². The summed E-state index contributed by atoms with van der Waals surface area (Å²) in [5.41, 5.74) is 1.65. The number of likely N-dealkylation sites (tertiary alicyclic amines) is 1. The van der Waals surface area contributed by atoms with Crippen LogP contribution in [-0.4, -0.2) is 73.1 Å². The zero-order valence-electron chi connectivity index (χ0n) is 29.3. The van der Waals surface area contributed by atoms with Gasteiger partial charge >= 0.3 is 0 Å². The number of hydrogen-bond donors (Lipinski definition) is 4. The van der Waals surface area contributed by atoms with Crippen LogP contribution in [0.15, 0.2) is 48.8 Å². The lowest BCUT2D eigenvalue weighted by Gasteiger charge is -2.22. The maximum Gasteiger partial charge on any atom is 0.263 e. The molecule has 1 aliphatic heterocycles. The van der Waals surface area contributed by atoms with Crippen LogP contribution in [-0.2, 0) is 20.8 Å². The van der Waals surface area contributed by atoms with Crippen LogP contribution in [0.5, 0.6) is 5.75 Å². The molecule has 10 heteroatoms. The second-order valence-electron chi connectivity index (χ2n) is 12.9. The smallest absolute Gasteiger partial charge is 0.263 e. The van der Waals surface area contributed by atoms with Gasteiger partial charge in [0.1, 0.15) is 5.75 Å². The van der Waals surface area contributed by atoms with E-state index < -0.39 is 6.17 Å². The number of amides is 3. The van der Waals surface area contributed by atoms with Crippen LogP contribution in [0.2, 0.25) is 0 Å². The third kappa shape index (κ3) is 17.5. The second-order valence-corrected chi connectivity index (χ2v) is 12.9. The molecule has 1 aromatic carbocycles. The molecular formula is C38H60N6O4. The SMILES string of the molecule is CCCCCCCCCCCCNC(=O)CCCOc1ccc(NC(NC(=O)CCc2cccnc2)C(=O)NCCN2CCCC2)cc1. The van der Waals surface area contributed by atoms with E-state index in [9.17, 15) is 14.4 Å². The van der Waals surface area contributed by atoms with Gasteiger partial charge in [-0.2, -0.15) is 0 Å². The first-order valence-electron chi connectivity index (χ1n) is 18.5. The number of rotatable bonds is 26. The lowest BCUT2D eigenvalue weighted by molar-refractivity contribution is -0.128. The van der Waals surface area contributed by atoms with Gasteiger partial charge in [-0.05, 0) is 81.1 Å². The minimum absolute atomic E-state index is 0.0707. The molecule has 0 radical (unpaired) electrons. The number of unbranched alkanes of at least 4 members (excludes halogenated alkanes) is 9. The molecule has 1 aromatic heterocycles. The summed E-state index contributed by atoms with van der Waals surface area (Å²) >= 11 is 0. The summed E-state index contributed by atoms with van der Waals surface area (Å²) in [4.78, 5) is 44.6. The number of carbonyl (C=O) groups excluding carboxylic acids is 3. The van der Waals surface area contributed by atoms with Gasteiger partial charge in [-0.15, -0.1) is 0 Å². The molecule has 2 aromatic rings. The molecule has 0 bridgehead atoms. The van der Waals surface area contributed by atoms with Gasteiger partial charge in [0.2, 0.25) is 11.8 Å². The van der Waals surface area contributed by atoms with Crippen LogP contribution in [0.25, 0.3) is 0 Å². The van der Waals surface area contributed by atoms with Gasteiger partial charge in [0.25, 0.3) is 5.91 Å². The molecule has 0 spiro atoms. The maximum absolute atomic E-state index is 13.1. The molecule has 3 amide bonds. The number of carbonyl (C=O) groups is 3. The molecule has 4 N–H and O–H groups in total. The summed E-state index contributed by atoms with van der Waals surface area (Å²) in [5, 5.41) is 12.0. The average Bonchev–Trinajstić information content (AvgIpc) is 3.62. The van der Waals surface area contributed by atoms with Crippen molar-refractivity contribution >= 4 is 23.4 Å². The van der Waals surface area contributed by atoms with Crippen LogP contribution in [0.3, 0.4) is 0 Å². The zero-order valence-corrected chi connectivity index (χ0v) is 29.3. The lowest BCUT2D eigenvalue weighted by Crippen LogP contribution is -2.52. The van der Waals surface area contributed by atoms with Gasteiger partial charge in [0.15, 0.2) is 6.17 Å². The number of nitrogens with zero attached hydrogens (tertiary/aromatic N) is 2. The lowest BCUT2D eigenvalue weighted by atomic mass is 10.1. The molecule has 1 fully saturated rings. The third-order valence-electron chi connectivity index (χ3n) is 8.69. The standard InChI is InChI=1S/C38H60N6O4/c1-2-3-4-5-6-7-8-9-10-11-25-40-35(45)17-15-30-48-34-21-19-33(20-22-34)42-37(38(47)41-26-29-44-27-12-13-28-44)43-36(46)23-18-32-16-14-24-39-31-32/h14,16,19-22,24,31,37,42H,2-13,15,17-18,23,25-30H2,1H3,(H,40,45)(H,41,47)(H,43,46). The summed E-state index contributed by atoms with van der Waals surface area (Å²) < 4.78 is 5.85. The zero-order chi connectivity index (χ0) is 34.1. The molecule has 0 saturated carbocycles. The number of aromatic nitrogens is 1. The molecule has 1 atom stereocenters. The number of anilines is 1. The quantitative estimate of drug-likeness (QED) is 0.0721. The monoisotopic (exact) mass is 664 g/mol. The number of nitrogens with one attached hydrogen (secondary N) is 4. The van der Waals surface area contributed by atoms with E-state index >= 15 is 0 Å². The predicted molar refractivity (Wildman–Crippen MR) is 193 cm³/mol. The number of aryl methyl sites for hydroxylation is 1. The predicted octanol–water partition coefficient (Wildman–Crippen LogP) is 5.98. The molecule has 1 unspecified atom stereocenters. The number of hydrogen-bond acceptors (Lipinski definition) is 7. The van der Waals surface area contributed by atoms with Crippen LogP contribution in [0, 0.1) is 0 Å². The molecule has 1 aliphatic rings. The molecule has 48 heavy (non-hydrogen) atoms. The van der Waals surface area contributed by atoms with Gasteiger partial charge in [0, 0.05) is 50.6 Å². The van der Waals surface area contributed by atoms with Gasteiger partial charge in [-0.25, -0.2) is 0 Å². The van der Waals surface area contributed by atoms with Crippen molar-refractivity contribution in [1.82, 2.24) is 25.8 Å². The van der Waals surface area contributed by atoms with Crippen LogP contribution < -0.4 is 26.0 Å². The fourth-order valence-corrected chi connectivity index (χ4v) is 5.82. The van der Waals surface area contributed by atoms with E-state index in [0.29, 0.717) is 43.9 Å². The van der Waals surface area contributed by atoms with Crippen molar-refractivity contribution in [1.29, 1.82) is 0 Å². The highest BCUT2D eigenvalue weighted by atomic mass is 16.5. The minimum Gasteiger partial charge on any atom is -0.494 e. The molecule has 3 rings (SSSR count). The summed E-state index contributed by atoms with van der Waals surface area (Å²) in [6.45, 7) is 6.86. The largest absolute Gasteiger partial charge is 0.494 e. The maximum atomic E-state index is 13.1. The van der Waals surface area contributed by atoms with Crippen molar-refractivity contribution in [3.8, 4) is 5.75 Å². The second kappa shape index (κ2) is 24.5. The van der Waals surface area contributed by atoms with Crippen LogP contribution in [0.1, 0.15) is 109 Å². The van der Waals surface area contributed by atoms with Gasteiger partial charge in [0.05, 0.1) is 6.61 Å². The van der Waals surface area contributed by atoms with Gasteiger partial charge < -0.3 is 30.9 Å². The Morgan fingerprint density at radius 1 is 0.812 bits per heavy atom. The Kier molecular flexibility index (Phi) is 19.8. The Hall–Kier alpha value is -3.66. The molecule has 1 saturated heterocycles. The Morgan fingerprint density at radius 2 is 1.52 bits per heavy atom. The molecule has 2 heterocycles. The topological polar surface area (TPSA) is 125 Å². The van der Waals surface area contributed by atoms with Crippen molar-refractivity contribution in [3.63, 3.8) is 0 Å². The number of pyridine rings is 1. The van der Waals surface area contributed by atoms with Crippen LogP contribution >= 0.6 is 0 Å². The highest BCUT2D eigenvalue weighted by Crippen LogP contribution is 2.17. The Balaban J connectivity index is 1.32. The van der Waals surface area contributed by atoms with E-state index in [2.05, 4.69) is 38.1 Å². The van der Waals surface area contributed by atoms with Crippen molar-refractivity contribution in [3.05, 3.63) is 54.4 Å². The van der Waals surface area contributed by atoms with Crippen molar-refractivity contribution < 1.29 is 19.1 Å². The van der Waals surface area contributed by atoms with Crippen molar-refractivity contribution in [2.75, 3.05) is 44.6 Å². The summed E-state index contributed by atoms with van der Waals surface area (Å²) in [5.74, 6) is 0.244. The number of benzene rings is 1. The normalized spacial score (nSPS) is 13.5. The van der Waals surface area contributed by atoms with E-state index in [1.54, 1.807) is 12.4 Å². The van der Waals surface area contributed by atoms with E-state index in [1.807, 2.05) is 36.4 Å². The first kappa shape index (κ1) is 38.8. The van der Waals surface area contributed by atoms with Gasteiger partial charge in [-0.3, -0.25) is 19.4 Å². The van der Waals surface area contributed by atoms with Crippen molar-refractivity contribution in [2.45, 2.75) is 116 Å². The molecule has 266 valence electrons. The Bertz CT molecular complexity index is 1160. The average molecular weight is 665 g/mol. The van der Waals surface area contributed by atoms with Crippen LogP contribution in [0.4, 0.5) is 5.69 Å². The third-order valence-corrected chi connectivity index (χ3v) is 8.69. The Morgan fingerprint density at radius 3 is 2.21 bits per heavy atom. The fraction of sp³-hybridized carbons (Fsp3) is 0.632. The van der Waals surface area contributed by atoms with E-state index in [4.69, 9.17) is 4.74 Å². The number of ether oxygens (including phenoxy) is 1. The van der Waals surface area contributed by atoms with E-state index in [-0.39, 0.29) is 24.1 Å².